The van der Waals surface area contributed by atoms with Crippen molar-refractivity contribution in [3.63, 3.8) is 0 Å². The van der Waals surface area contributed by atoms with Crippen molar-refractivity contribution in [3.05, 3.63) is 66.2 Å². The second-order valence-corrected chi connectivity index (χ2v) is 4.99. The summed E-state index contributed by atoms with van der Waals surface area (Å²) in [5, 5.41) is 0. The molecule has 0 aromatic heterocycles. The highest BCUT2D eigenvalue weighted by Crippen LogP contribution is 2.22. The molecule has 1 atom stereocenters. The van der Waals surface area contributed by atoms with Gasteiger partial charge in [-0.05, 0) is 24.1 Å². The first-order chi connectivity index (χ1) is 9.83. The van der Waals surface area contributed by atoms with Crippen LogP contribution in [0.3, 0.4) is 0 Å². The van der Waals surface area contributed by atoms with Gasteiger partial charge in [-0.1, -0.05) is 48.5 Å². The smallest absolute Gasteiger partial charge is 0.328 e. The lowest BCUT2D eigenvalue weighted by atomic mass is 10.0. The Hall–Kier alpha value is -2.13. The number of benzene rings is 2. The maximum atomic E-state index is 12.1. The van der Waals surface area contributed by atoms with E-state index in [2.05, 4.69) is 17.0 Å². The van der Waals surface area contributed by atoms with E-state index in [-0.39, 0.29) is 12.0 Å². The van der Waals surface area contributed by atoms with Crippen LogP contribution in [0, 0.1) is 0 Å². The first-order valence-electron chi connectivity index (χ1n) is 6.87. The summed E-state index contributed by atoms with van der Waals surface area (Å²) in [6.07, 6.45) is 0.874. The normalized spacial score (nSPS) is 18.3. The molecular weight excluding hydrogens is 250 g/mol. The standard InChI is InChI=1S/C17H17NO2/c19-17(20-15-9-5-2-6-10-15)16-11-12-18(16)13-14-7-3-1-4-8-14/h1-10,16H,11-13H2. The number of ether oxygens (including phenoxy) is 1. The summed E-state index contributed by atoms with van der Waals surface area (Å²) in [7, 11) is 0. The molecule has 0 saturated carbocycles. The van der Waals surface area contributed by atoms with Crippen LogP contribution in [-0.2, 0) is 11.3 Å². The van der Waals surface area contributed by atoms with Crippen molar-refractivity contribution in [2.75, 3.05) is 6.54 Å². The molecule has 1 fully saturated rings. The van der Waals surface area contributed by atoms with Crippen molar-refractivity contribution >= 4 is 5.97 Å². The average Bonchev–Trinajstić information content (AvgIpc) is 2.46. The quantitative estimate of drug-likeness (QED) is 0.630. The van der Waals surface area contributed by atoms with E-state index < -0.39 is 0 Å². The van der Waals surface area contributed by atoms with Crippen LogP contribution in [0.5, 0.6) is 5.75 Å². The zero-order valence-electron chi connectivity index (χ0n) is 11.2. The Balaban J connectivity index is 1.59. The molecule has 0 radical (unpaired) electrons. The Kier molecular flexibility index (Phi) is 3.79. The number of hydrogen-bond acceptors (Lipinski definition) is 3. The van der Waals surface area contributed by atoms with Crippen molar-refractivity contribution in [1.29, 1.82) is 0 Å². The van der Waals surface area contributed by atoms with Crippen LogP contribution in [0.4, 0.5) is 0 Å². The summed E-state index contributed by atoms with van der Waals surface area (Å²) in [5.41, 5.74) is 1.23. The topological polar surface area (TPSA) is 29.5 Å². The molecule has 20 heavy (non-hydrogen) atoms. The fraction of sp³-hybridized carbons (Fsp3) is 0.235. The molecule has 0 N–H and O–H groups in total. The Morgan fingerprint density at radius 1 is 1.05 bits per heavy atom. The Labute approximate surface area is 118 Å². The molecule has 2 aromatic rings. The molecule has 1 unspecified atom stereocenters. The number of hydrogen-bond donors (Lipinski definition) is 0. The van der Waals surface area contributed by atoms with E-state index in [9.17, 15) is 4.79 Å². The summed E-state index contributed by atoms with van der Waals surface area (Å²) >= 11 is 0. The number of likely N-dealkylation sites (tertiary alicyclic amines) is 1. The van der Waals surface area contributed by atoms with Gasteiger partial charge in [-0.3, -0.25) is 4.90 Å². The minimum atomic E-state index is -0.154. The van der Waals surface area contributed by atoms with Gasteiger partial charge in [0.1, 0.15) is 11.8 Å². The highest BCUT2D eigenvalue weighted by atomic mass is 16.5. The summed E-state index contributed by atoms with van der Waals surface area (Å²) in [6.45, 7) is 1.75. The zero-order chi connectivity index (χ0) is 13.8. The average molecular weight is 267 g/mol. The van der Waals surface area contributed by atoms with E-state index in [1.54, 1.807) is 12.1 Å². The van der Waals surface area contributed by atoms with Crippen LogP contribution in [0.15, 0.2) is 60.7 Å². The molecule has 3 nitrogen and oxygen atoms in total. The van der Waals surface area contributed by atoms with E-state index in [4.69, 9.17) is 4.74 Å². The minimum Gasteiger partial charge on any atom is -0.425 e. The number of esters is 1. The molecule has 0 bridgehead atoms. The number of nitrogens with zero attached hydrogens (tertiary/aromatic N) is 1. The van der Waals surface area contributed by atoms with Gasteiger partial charge >= 0.3 is 5.97 Å². The summed E-state index contributed by atoms with van der Waals surface area (Å²) < 4.78 is 5.41. The fourth-order valence-electron chi connectivity index (χ4n) is 2.39. The summed E-state index contributed by atoms with van der Waals surface area (Å²) in [6, 6.07) is 19.3. The molecule has 102 valence electrons. The SMILES string of the molecule is O=C(Oc1ccccc1)C1CCN1Cc1ccccc1. The van der Waals surface area contributed by atoms with Gasteiger partial charge in [-0.25, -0.2) is 4.79 Å². The van der Waals surface area contributed by atoms with Crippen LogP contribution in [0.25, 0.3) is 0 Å². The Bertz CT molecular complexity index is 568. The first kappa shape index (κ1) is 12.9. The van der Waals surface area contributed by atoms with Crippen molar-refractivity contribution < 1.29 is 9.53 Å². The lowest BCUT2D eigenvalue weighted by molar-refractivity contribution is -0.145. The molecule has 2 aromatic carbocycles. The predicted octanol–water partition coefficient (Wildman–Crippen LogP) is 2.87. The van der Waals surface area contributed by atoms with Crippen LogP contribution in [-0.4, -0.2) is 23.5 Å². The molecular formula is C17H17NO2. The second-order valence-electron chi connectivity index (χ2n) is 4.99. The Morgan fingerprint density at radius 2 is 1.70 bits per heavy atom. The van der Waals surface area contributed by atoms with E-state index in [1.807, 2.05) is 36.4 Å². The third-order valence-corrected chi connectivity index (χ3v) is 3.59. The molecule has 0 aliphatic carbocycles. The maximum Gasteiger partial charge on any atom is 0.328 e. The summed E-state index contributed by atoms with van der Waals surface area (Å²) in [5.74, 6) is 0.461. The molecule has 1 saturated heterocycles. The number of carbonyl (C=O) groups excluding carboxylic acids is 1. The fourth-order valence-corrected chi connectivity index (χ4v) is 2.39. The monoisotopic (exact) mass is 267 g/mol. The van der Waals surface area contributed by atoms with Gasteiger partial charge < -0.3 is 4.74 Å². The van der Waals surface area contributed by atoms with Crippen molar-refractivity contribution in [3.8, 4) is 5.75 Å². The van der Waals surface area contributed by atoms with Crippen molar-refractivity contribution in [2.24, 2.45) is 0 Å². The minimum absolute atomic E-state index is 0.115. The van der Waals surface area contributed by atoms with E-state index in [0.717, 1.165) is 19.5 Å². The van der Waals surface area contributed by atoms with Gasteiger partial charge in [0.25, 0.3) is 0 Å². The Morgan fingerprint density at radius 3 is 2.30 bits per heavy atom. The van der Waals surface area contributed by atoms with E-state index in [1.165, 1.54) is 5.56 Å². The summed E-state index contributed by atoms with van der Waals surface area (Å²) in [4.78, 5) is 14.3. The predicted molar refractivity (Wildman–Crippen MR) is 77.3 cm³/mol. The molecule has 0 spiro atoms. The highest BCUT2D eigenvalue weighted by molar-refractivity contribution is 5.79. The third kappa shape index (κ3) is 2.89. The lowest BCUT2D eigenvalue weighted by Gasteiger charge is -2.38. The van der Waals surface area contributed by atoms with Gasteiger partial charge in [0.2, 0.25) is 0 Å². The van der Waals surface area contributed by atoms with Gasteiger partial charge in [-0.2, -0.15) is 0 Å². The van der Waals surface area contributed by atoms with Gasteiger partial charge in [0.05, 0.1) is 0 Å². The highest BCUT2D eigenvalue weighted by Gasteiger charge is 2.35. The first-order valence-corrected chi connectivity index (χ1v) is 6.87. The van der Waals surface area contributed by atoms with Crippen LogP contribution in [0.1, 0.15) is 12.0 Å². The molecule has 3 heteroatoms. The number of para-hydroxylation sites is 1. The molecule has 0 amide bonds. The van der Waals surface area contributed by atoms with Crippen LogP contribution >= 0.6 is 0 Å². The second kappa shape index (κ2) is 5.88. The van der Waals surface area contributed by atoms with Gasteiger partial charge in [0, 0.05) is 13.1 Å². The molecule has 1 heterocycles. The van der Waals surface area contributed by atoms with E-state index in [0.29, 0.717) is 5.75 Å². The number of rotatable bonds is 4. The van der Waals surface area contributed by atoms with Crippen molar-refractivity contribution in [1.82, 2.24) is 4.90 Å². The maximum absolute atomic E-state index is 12.1. The van der Waals surface area contributed by atoms with Gasteiger partial charge in [-0.15, -0.1) is 0 Å². The molecule has 1 aliphatic heterocycles. The third-order valence-electron chi connectivity index (χ3n) is 3.59. The molecule has 1 aliphatic rings. The van der Waals surface area contributed by atoms with E-state index >= 15 is 0 Å². The lowest BCUT2D eigenvalue weighted by Crippen LogP contribution is -2.53. The number of carbonyl (C=O) groups is 1. The zero-order valence-corrected chi connectivity index (χ0v) is 11.2. The van der Waals surface area contributed by atoms with Crippen LogP contribution in [0.2, 0.25) is 0 Å². The van der Waals surface area contributed by atoms with Gasteiger partial charge in [0.15, 0.2) is 0 Å². The molecule has 3 rings (SSSR count). The largest absolute Gasteiger partial charge is 0.425 e. The van der Waals surface area contributed by atoms with Crippen LogP contribution < -0.4 is 4.74 Å². The van der Waals surface area contributed by atoms with Crippen molar-refractivity contribution in [2.45, 2.75) is 19.0 Å².